The second-order valence-corrected chi connectivity index (χ2v) is 4.16. The third kappa shape index (κ3) is 1.69. The van der Waals surface area contributed by atoms with Crippen LogP contribution in [0.5, 0.6) is 0 Å². The average Bonchev–Trinajstić information content (AvgIpc) is 2.29. The molecule has 0 bridgehead atoms. The average molecular weight is 217 g/mol. The number of nitrogens with zero attached hydrogens (tertiary/aromatic N) is 1. The molecule has 0 radical (unpaired) electrons. The first-order chi connectivity index (χ1) is 7.61. The molecule has 1 aliphatic carbocycles. The van der Waals surface area contributed by atoms with Crippen LogP contribution in [-0.4, -0.2) is 24.9 Å². The van der Waals surface area contributed by atoms with E-state index in [1.165, 1.54) is 0 Å². The van der Waals surface area contributed by atoms with Crippen molar-refractivity contribution in [2.24, 2.45) is 5.92 Å². The van der Waals surface area contributed by atoms with Gasteiger partial charge in [0.25, 0.3) is 5.91 Å². The molecule has 2 aliphatic rings. The standard InChI is InChI=1S/C13H15NO2/c1-9-6-7-11(13(15)14(2)3)12-10(9)5-4-8-16-12/h4-9H,1-3H3. The molecule has 2 rings (SSSR count). The Balaban J connectivity index is 2.45. The maximum Gasteiger partial charge on any atom is 0.257 e. The molecule has 1 unspecified atom stereocenters. The van der Waals surface area contributed by atoms with Crippen molar-refractivity contribution in [3.63, 3.8) is 0 Å². The van der Waals surface area contributed by atoms with E-state index in [1.54, 1.807) is 25.3 Å². The highest BCUT2D eigenvalue weighted by Crippen LogP contribution is 2.32. The van der Waals surface area contributed by atoms with E-state index in [-0.39, 0.29) is 5.91 Å². The molecule has 1 heterocycles. The normalized spacial score (nSPS) is 22.4. The highest BCUT2D eigenvalue weighted by atomic mass is 16.5. The Hall–Kier alpha value is -1.77. The minimum atomic E-state index is -0.0284. The monoisotopic (exact) mass is 217 g/mol. The topological polar surface area (TPSA) is 29.5 Å². The van der Waals surface area contributed by atoms with Crippen molar-refractivity contribution in [3.05, 3.63) is 47.5 Å². The summed E-state index contributed by atoms with van der Waals surface area (Å²) in [6.45, 7) is 2.09. The van der Waals surface area contributed by atoms with Crippen LogP contribution in [0.25, 0.3) is 0 Å². The van der Waals surface area contributed by atoms with Crippen molar-refractivity contribution in [1.29, 1.82) is 0 Å². The van der Waals surface area contributed by atoms with Crippen molar-refractivity contribution >= 4 is 5.91 Å². The number of carbonyl (C=O) groups excluding carboxylic acids is 1. The fourth-order valence-corrected chi connectivity index (χ4v) is 1.80. The third-order valence-corrected chi connectivity index (χ3v) is 2.73. The van der Waals surface area contributed by atoms with Gasteiger partial charge in [0.1, 0.15) is 5.76 Å². The molecule has 1 amide bonds. The molecule has 0 aromatic rings. The number of hydrogen-bond donors (Lipinski definition) is 0. The smallest absolute Gasteiger partial charge is 0.257 e. The van der Waals surface area contributed by atoms with Gasteiger partial charge >= 0.3 is 0 Å². The number of ether oxygens (including phenoxy) is 1. The second-order valence-electron chi connectivity index (χ2n) is 4.16. The van der Waals surface area contributed by atoms with E-state index in [0.717, 1.165) is 5.57 Å². The number of fused-ring (bicyclic) bond motifs is 1. The molecule has 16 heavy (non-hydrogen) atoms. The lowest BCUT2D eigenvalue weighted by Crippen LogP contribution is -2.26. The van der Waals surface area contributed by atoms with Crippen LogP contribution in [0.2, 0.25) is 0 Å². The molecule has 1 aliphatic heterocycles. The van der Waals surface area contributed by atoms with Crippen molar-refractivity contribution in [1.82, 2.24) is 4.90 Å². The predicted molar refractivity (Wildman–Crippen MR) is 62.3 cm³/mol. The van der Waals surface area contributed by atoms with Crippen molar-refractivity contribution in [2.75, 3.05) is 14.1 Å². The van der Waals surface area contributed by atoms with Crippen LogP contribution < -0.4 is 0 Å². The number of rotatable bonds is 1. The first-order valence-electron chi connectivity index (χ1n) is 5.29. The molecule has 0 aromatic heterocycles. The van der Waals surface area contributed by atoms with Crippen LogP contribution in [-0.2, 0) is 9.53 Å². The summed E-state index contributed by atoms with van der Waals surface area (Å²) < 4.78 is 5.47. The zero-order valence-electron chi connectivity index (χ0n) is 9.73. The Morgan fingerprint density at radius 2 is 2.19 bits per heavy atom. The van der Waals surface area contributed by atoms with Gasteiger partial charge in [-0.2, -0.15) is 0 Å². The van der Waals surface area contributed by atoms with Gasteiger partial charge in [0.2, 0.25) is 0 Å². The first-order valence-corrected chi connectivity index (χ1v) is 5.29. The van der Waals surface area contributed by atoms with Crippen LogP contribution in [0, 0.1) is 5.92 Å². The van der Waals surface area contributed by atoms with E-state index in [4.69, 9.17) is 4.74 Å². The minimum absolute atomic E-state index is 0.0284. The van der Waals surface area contributed by atoms with E-state index < -0.39 is 0 Å². The SMILES string of the molecule is CC1C=CC(C(=O)N(C)C)=C2OC=CC=C21. The van der Waals surface area contributed by atoms with Gasteiger partial charge in [-0.05, 0) is 12.2 Å². The highest BCUT2D eigenvalue weighted by molar-refractivity contribution is 5.97. The quantitative estimate of drug-likeness (QED) is 0.672. The van der Waals surface area contributed by atoms with E-state index in [9.17, 15) is 4.79 Å². The van der Waals surface area contributed by atoms with Gasteiger partial charge in [0, 0.05) is 25.6 Å². The Morgan fingerprint density at radius 1 is 1.44 bits per heavy atom. The molecule has 0 saturated carbocycles. The summed E-state index contributed by atoms with van der Waals surface area (Å²) in [5.41, 5.74) is 1.69. The summed E-state index contributed by atoms with van der Waals surface area (Å²) in [6.07, 6.45) is 9.32. The van der Waals surface area contributed by atoms with Gasteiger partial charge in [-0.25, -0.2) is 0 Å². The summed E-state index contributed by atoms with van der Waals surface area (Å²) in [5.74, 6) is 0.953. The summed E-state index contributed by atoms with van der Waals surface area (Å²) in [7, 11) is 3.48. The number of carbonyl (C=O) groups is 1. The summed E-state index contributed by atoms with van der Waals surface area (Å²) in [5, 5.41) is 0. The molecule has 1 atom stereocenters. The third-order valence-electron chi connectivity index (χ3n) is 2.73. The van der Waals surface area contributed by atoms with Crippen molar-refractivity contribution < 1.29 is 9.53 Å². The van der Waals surface area contributed by atoms with Gasteiger partial charge in [-0.15, -0.1) is 0 Å². The molecule has 0 spiro atoms. The molecule has 0 saturated heterocycles. The molecule has 84 valence electrons. The fraction of sp³-hybridized carbons (Fsp3) is 0.308. The Kier molecular flexibility index (Phi) is 2.69. The lowest BCUT2D eigenvalue weighted by molar-refractivity contribution is -0.124. The van der Waals surface area contributed by atoms with Gasteiger partial charge < -0.3 is 9.64 Å². The van der Waals surface area contributed by atoms with E-state index in [2.05, 4.69) is 6.92 Å². The zero-order valence-corrected chi connectivity index (χ0v) is 9.73. The Bertz CT molecular complexity index is 439. The Labute approximate surface area is 95.4 Å². The number of likely N-dealkylation sites (N-methyl/N-ethyl adjacent to an activating group) is 1. The zero-order chi connectivity index (χ0) is 11.7. The lowest BCUT2D eigenvalue weighted by Gasteiger charge is -2.25. The number of allylic oxidation sites excluding steroid dienone is 4. The van der Waals surface area contributed by atoms with Crippen molar-refractivity contribution in [3.8, 4) is 0 Å². The molecule has 0 aromatic carbocycles. The van der Waals surface area contributed by atoms with Crippen LogP contribution >= 0.6 is 0 Å². The molecule has 3 heteroatoms. The highest BCUT2D eigenvalue weighted by Gasteiger charge is 2.26. The summed E-state index contributed by atoms with van der Waals surface area (Å²) >= 11 is 0. The van der Waals surface area contributed by atoms with E-state index >= 15 is 0 Å². The molecule has 3 nitrogen and oxygen atoms in total. The van der Waals surface area contributed by atoms with Crippen LogP contribution in [0.1, 0.15) is 6.92 Å². The molecule has 0 N–H and O–H groups in total. The molecular weight excluding hydrogens is 202 g/mol. The van der Waals surface area contributed by atoms with E-state index in [1.807, 2.05) is 24.3 Å². The van der Waals surface area contributed by atoms with Crippen LogP contribution in [0.4, 0.5) is 0 Å². The molecule has 0 fully saturated rings. The van der Waals surface area contributed by atoms with Crippen molar-refractivity contribution in [2.45, 2.75) is 6.92 Å². The van der Waals surface area contributed by atoms with Crippen LogP contribution in [0.15, 0.2) is 47.5 Å². The van der Waals surface area contributed by atoms with Gasteiger partial charge in [-0.3, -0.25) is 4.79 Å². The summed E-state index contributed by atoms with van der Waals surface area (Å²) in [4.78, 5) is 13.5. The Morgan fingerprint density at radius 3 is 2.88 bits per heavy atom. The maximum absolute atomic E-state index is 11.9. The number of amides is 1. The van der Waals surface area contributed by atoms with Gasteiger partial charge in [0.05, 0.1) is 11.8 Å². The number of hydrogen-bond acceptors (Lipinski definition) is 2. The van der Waals surface area contributed by atoms with Gasteiger partial charge in [-0.1, -0.05) is 19.1 Å². The fourth-order valence-electron chi connectivity index (χ4n) is 1.80. The van der Waals surface area contributed by atoms with Gasteiger partial charge in [0.15, 0.2) is 0 Å². The molecular formula is C13H15NO2. The van der Waals surface area contributed by atoms with E-state index in [0.29, 0.717) is 17.3 Å². The summed E-state index contributed by atoms with van der Waals surface area (Å²) in [6, 6.07) is 0. The van der Waals surface area contributed by atoms with Crippen LogP contribution in [0.3, 0.4) is 0 Å². The maximum atomic E-state index is 11.9. The predicted octanol–water partition coefficient (Wildman–Crippen LogP) is 2.00. The largest absolute Gasteiger partial charge is 0.464 e. The minimum Gasteiger partial charge on any atom is -0.464 e. The lowest BCUT2D eigenvalue weighted by atomic mass is 9.89. The second kappa shape index (κ2) is 4.00. The first kappa shape index (κ1) is 10.7.